The van der Waals surface area contributed by atoms with E-state index in [1.807, 2.05) is 0 Å². The molecule has 1 rings (SSSR count). The molecule has 0 nitrogen and oxygen atoms in total. The van der Waals surface area contributed by atoms with E-state index in [1.165, 1.54) is 63.4 Å². The maximum atomic E-state index is 2.45. The lowest BCUT2D eigenvalue weighted by atomic mass is 10.0. The summed E-state index contributed by atoms with van der Waals surface area (Å²) in [6.45, 7) is 7.19. The summed E-state index contributed by atoms with van der Waals surface area (Å²) in [5, 5.41) is 0. The fourth-order valence-electron chi connectivity index (χ4n) is 2.77. The molecule has 0 saturated heterocycles. The van der Waals surface area contributed by atoms with Crippen molar-refractivity contribution >= 4 is 7.92 Å². The highest BCUT2D eigenvalue weighted by Gasteiger charge is 2.13. The smallest absolute Gasteiger partial charge is 0.0174 e. The fourth-order valence-corrected chi connectivity index (χ4v) is 4.04. The van der Waals surface area contributed by atoms with Crippen LogP contribution in [0.1, 0.15) is 63.9 Å². The van der Waals surface area contributed by atoms with Crippen molar-refractivity contribution in [2.75, 3.05) is 13.3 Å². The Morgan fingerprint density at radius 2 is 1.45 bits per heavy atom. The normalized spacial score (nSPS) is 12.8. The summed E-state index contributed by atoms with van der Waals surface area (Å²) < 4.78 is 0. The Bertz CT molecular complexity index is 318. The number of benzene rings is 1. The van der Waals surface area contributed by atoms with Gasteiger partial charge in [0.25, 0.3) is 0 Å². The molecule has 0 aromatic heterocycles. The minimum atomic E-state index is 0.182. The molecule has 114 valence electrons. The first kappa shape index (κ1) is 17.7. The van der Waals surface area contributed by atoms with Gasteiger partial charge >= 0.3 is 0 Å². The number of hydrogen-bond acceptors (Lipinski definition) is 0. The molecule has 0 amide bonds. The lowest BCUT2D eigenvalue weighted by Gasteiger charge is -2.21. The van der Waals surface area contributed by atoms with Crippen LogP contribution in [0.5, 0.6) is 0 Å². The highest BCUT2D eigenvalue weighted by Crippen LogP contribution is 2.37. The summed E-state index contributed by atoms with van der Waals surface area (Å²) in [5.74, 6) is 0. The third kappa shape index (κ3) is 8.05. The largest absolute Gasteiger partial charge is 0.110 e. The van der Waals surface area contributed by atoms with Gasteiger partial charge in [-0.2, -0.15) is 0 Å². The number of unbranched alkanes of at least 4 members (excludes halogenated alkanes) is 6. The molecule has 1 unspecified atom stereocenters. The minimum absolute atomic E-state index is 0.182. The van der Waals surface area contributed by atoms with Crippen LogP contribution in [0.15, 0.2) is 30.3 Å². The molecular weight excluding hydrogens is 259 g/mol. The average molecular weight is 292 g/mol. The van der Waals surface area contributed by atoms with Crippen LogP contribution in [0.4, 0.5) is 0 Å². The lowest BCUT2D eigenvalue weighted by molar-refractivity contribution is 0.567. The molecule has 1 atom stereocenters. The van der Waals surface area contributed by atoms with Crippen LogP contribution in [-0.4, -0.2) is 19.0 Å². The Balaban J connectivity index is 2.19. The molecule has 0 spiro atoms. The van der Waals surface area contributed by atoms with Gasteiger partial charge in [0.2, 0.25) is 0 Å². The van der Waals surface area contributed by atoms with Crippen LogP contribution >= 0.6 is 7.92 Å². The molecule has 0 fully saturated rings. The van der Waals surface area contributed by atoms with Crippen LogP contribution in [-0.2, 0) is 6.42 Å². The van der Waals surface area contributed by atoms with Crippen molar-refractivity contribution in [3.63, 3.8) is 0 Å². The van der Waals surface area contributed by atoms with Crippen LogP contribution < -0.4 is 0 Å². The molecule has 1 aromatic rings. The van der Waals surface area contributed by atoms with Crippen molar-refractivity contribution in [3.8, 4) is 0 Å². The molecule has 0 bridgehead atoms. The fraction of sp³-hybridized carbons (Fsp3) is 0.684. The first-order valence-electron chi connectivity index (χ1n) is 8.44. The van der Waals surface area contributed by atoms with Crippen molar-refractivity contribution in [1.82, 2.24) is 0 Å². The molecule has 1 heteroatoms. The topological polar surface area (TPSA) is 0 Å². The zero-order valence-electron chi connectivity index (χ0n) is 13.8. The Labute approximate surface area is 128 Å². The quantitative estimate of drug-likeness (QED) is 0.323. The van der Waals surface area contributed by atoms with Gasteiger partial charge in [-0.05, 0) is 37.4 Å². The Hall–Kier alpha value is -0.350. The number of hydrogen-bond donors (Lipinski definition) is 0. The second-order valence-corrected chi connectivity index (χ2v) is 8.87. The molecule has 0 saturated carbocycles. The van der Waals surface area contributed by atoms with E-state index in [4.69, 9.17) is 0 Å². The van der Waals surface area contributed by atoms with E-state index in [0.29, 0.717) is 0 Å². The van der Waals surface area contributed by atoms with Gasteiger partial charge in [-0.15, -0.1) is 7.92 Å². The van der Waals surface area contributed by atoms with Crippen molar-refractivity contribution in [3.05, 3.63) is 35.9 Å². The molecule has 0 N–H and O–H groups in total. The Morgan fingerprint density at radius 3 is 2.05 bits per heavy atom. The van der Waals surface area contributed by atoms with Crippen LogP contribution in [0.2, 0.25) is 0 Å². The summed E-state index contributed by atoms with van der Waals surface area (Å²) in [4.78, 5) is 0. The molecule has 0 aliphatic carbocycles. The molecular formula is C19H33P. The van der Waals surface area contributed by atoms with Gasteiger partial charge < -0.3 is 0 Å². The second-order valence-electron chi connectivity index (χ2n) is 6.22. The maximum absolute atomic E-state index is 2.45. The maximum Gasteiger partial charge on any atom is -0.0174 e. The Kier molecular flexibility index (Phi) is 10.0. The van der Waals surface area contributed by atoms with E-state index >= 15 is 0 Å². The predicted molar refractivity (Wildman–Crippen MR) is 95.3 cm³/mol. The zero-order chi connectivity index (χ0) is 14.6. The average Bonchev–Trinajstić information content (AvgIpc) is 2.46. The lowest BCUT2D eigenvalue weighted by Crippen LogP contribution is -2.09. The molecule has 0 aliphatic heterocycles. The highest BCUT2D eigenvalue weighted by atomic mass is 31.1. The highest BCUT2D eigenvalue weighted by molar-refractivity contribution is 7.56. The van der Waals surface area contributed by atoms with Crippen LogP contribution in [0.3, 0.4) is 0 Å². The van der Waals surface area contributed by atoms with Crippen molar-refractivity contribution in [2.45, 2.75) is 70.4 Å². The SMILES string of the molecule is CCCCCCCCCC(Cc1ccccc1)P(C)C. The zero-order valence-corrected chi connectivity index (χ0v) is 14.7. The molecule has 0 radical (unpaired) electrons. The third-order valence-corrected chi connectivity index (χ3v) is 6.09. The van der Waals surface area contributed by atoms with E-state index in [2.05, 4.69) is 50.6 Å². The van der Waals surface area contributed by atoms with E-state index in [0.717, 1.165) is 5.66 Å². The second kappa shape index (κ2) is 11.3. The van der Waals surface area contributed by atoms with Gasteiger partial charge in [-0.1, -0.05) is 82.2 Å². The molecule has 1 aromatic carbocycles. The molecule has 20 heavy (non-hydrogen) atoms. The van der Waals surface area contributed by atoms with E-state index < -0.39 is 0 Å². The first-order valence-corrected chi connectivity index (χ1v) is 10.7. The summed E-state index contributed by atoms with van der Waals surface area (Å²) in [6, 6.07) is 11.0. The van der Waals surface area contributed by atoms with Crippen LogP contribution in [0.25, 0.3) is 0 Å². The third-order valence-electron chi connectivity index (χ3n) is 4.19. The minimum Gasteiger partial charge on any atom is -0.110 e. The van der Waals surface area contributed by atoms with E-state index in [-0.39, 0.29) is 7.92 Å². The summed E-state index contributed by atoms with van der Waals surface area (Å²) in [7, 11) is 0.182. The van der Waals surface area contributed by atoms with E-state index in [1.54, 1.807) is 0 Å². The van der Waals surface area contributed by atoms with Gasteiger partial charge in [0.1, 0.15) is 0 Å². The monoisotopic (exact) mass is 292 g/mol. The standard InChI is InChI=1S/C19H33P/c1-4-5-6-7-8-9-13-16-19(20(2)3)17-18-14-11-10-12-15-18/h10-12,14-15,19H,4-9,13,16-17H2,1-3H3. The van der Waals surface area contributed by atoms with Gasteiger partial charge in [-0.25, -0.2) is 0 Å². The van der Waals surface area contributed by atoms with Crippen molar-refractivity contribution in [1.29, 1.82) is 0 Å². The predicted octanol–water partition coefficient (Wildman–Crippen LogP) is 6.48. The summed E-state index contributed by atoms with van der Waals surface area (Å²) in [5.41, 5.74) is 2.44. The van der Waals surface area contributed by atoms with E-state index in [9.17, 15) is 0 Å². The molecule has 0 aliphatic rings. The summed E-state index contributed by atoms with van der Waals surface area (Å²) in [6.07, 6.45) is 12.7. The first-order chi connectivity index (χ1) is 9.74. The number of rotatable bonds is 11. The van der Waals surface area contributed by atoms with Crippen molar-refractivity contribution < 1.29 is 0 Å². The van der Waals surface area contributed by atoms with Gasteiger partial charge in [-0.3, -0.25) is 0 Å². The van der Waals surface area contributed by atoms with Gasteiger partial charge in [0, 0.05) is 0 Å². The molecule has 0 heterocycles. The van der Waals surface area contributed by atoms with Gasteiger partial charge in [0.15, 0.2) is 0 Å². The van der Waals surface area contributed by atoms with Crippen molar-refractivity contribution in [2.24, 2.45) is 0 Å². The van der Waals surface area contributed by atoms with Crippen LogP contribution in [0, 0.1) is 0 Å². The van der Waals surface area contributed by atoms with Gasteiger partial charge in [0.05, 0.1) is 0 Å². The Morgan fingerprint density at radius 1 is 0.850 bits per heavy atom. The summed E-state index contributed by atoms with van der Waals surface area (Å²) >= 11 is 0.